The van der Waals surface area contributed by atoms with E-state index in [2.05, 4.69) is 9.97 Å². The van der Waals surface area contributed by atoms with Crippen molar-refractivity contribution in [1.29, 1.82) is 0 Å². The van der Waals surface area contributed by atoms with E-state index in [9.17, 15) is 13.2 Å². The van der Waals surface area contributed by atoms with Gasteiger partial charge in [-0.3, -0.25) is 13.5 Å². The monoisotopic (exact) mass is 675 g/mol. The molecule has 2 aromatic carbocycles. The predicted octanol–water partition coefficient (Wildman–Crippen LogP) is 5.78. The minimum atomic E-state index is -3.60. The lowest BCUT2D eigenvalue weighted by Gasteiger charge is -2.22. The molecule has 1 aliphatic rings. The average Bonchev–Trinajstić information content (AvgIpc) is 3.68. The second-order valence-electron chi connectivity index (χ2n) is 11.5. The Labute approximate surface area is 273 Å². The summed E-state index contributed by atoms with van der Waals surface area (Å²) in [5.74, 6) is 0.788. The van der Waals surface area contributed by atoms with Gasteiger partial charge in [0.2, 0.25) is 10.0 Å². The Morgan fingerprint density at radius 2 is 1.91 bits per heavy atom. The molecule has 14 heteroatoms. The number of ether oxygens (including phenoxy) is 1. The molecule has 7 rings (SSSR count). The molecule has 0 amide bonds. The van der Waals surface area contributed by atoms with Crippen LogP contribution in [0.15, 0.2) is 65.0 Å². The molecule has 4 heterocycles. The van der Waals surface area contributed by atoms with Gasteiger partial charge >= 0.3 is 0 Å². The Balaban J connectivity index is 1.51. The van der Waals surface area contributed by atoms with Crippen LogP contribution in [-0.4, -0.2) is 53.0 Å². The Hall–Kier alpha value is -4.46. The standard InChI is InChI=1S/C32H30ClN7O4S2/c1-17-6-5-7-19(12-17)26-21(14-25-39(32(26)41)24(33)15-45-25)29(18-8-9-18)40-31-27(30(34)35-16-36-31)28(37-40)20-10-11-23(44-3)22(13-20)38(2)46(4,42)43/h5-7,10-16,18,29H,8-9H2,1-4H3,(H2,34,35,36)/t29-/m0/s1. The number of aryl methyl sites for hydroxylation is 1. The fourth-order valence-corrected chi connectivity index (χ4v) is 7.69. The second kappa shape index (κ2) is 11.1. The lowest BCUT2D eigenvalue weighted by molar-refractivity contribution is 0.416. The van der Waals surface area contributed by atoms with Gasteiger partial charge in [-0.25, -0.2) is 23.1 Å². The minimum Gasteiger partial charge on any atom is -0.495 e. The molecule has 0 spiro atoms. The topological polar surface area (TPSA) is 138 Å². The van der Waals surface area contributed by atoms with Crippen LogP contribution in [0.1, 0.15) is 30.0 Å². The molecule has 2 N–H and O–H groups in total. The third-order valence-corrected chi connectivity index (χ3v) is 10.9. The van der Waals surface area contributed by atoms with E-state index in [-0.39, 0.29) is 23.3 Å². The molecule has 1 saturated carbocycles. The molecule has 0 aliphatic heterocycles. The molecule has 1 atom stereocenters. The molecule has 11 nitrogen and oxygen atoms in total. The van der Waals surface area contributed by atoms with Crippen LogP contribution in [-0.2, 0) is 10.0 Å². The van der Waals surface area contributed by atoms with Crippen LogP contribution < -0.4 is 20.3 Å². The van der Waals surface area contributed by atoms with Gasteiger partial charge in [-0.05, 0) is 61.1 Å². The number of rotatable bonds is 8. The number of thiazole rings is 1. The first kappa shape index (κ1) is 30.2. The summed E-state index contributed by atoms with van der Waals surface area (Å²) in [7, 11) is -0.654. The van der Waals surface area contributed by atoms with E-state index in [0.29, 0.717) is 44.4 Å². The summed E-state index contributed by atoms with van der Waals surface area (Å²) in [5.41, 5.74) is 11.4. The number of sulfonamides is 1. The highest BCUT2D eigenvalue weighted by Gasteiger charge is 2.39. The number of pyridine rings is 1. The lowest BCUT2D eigenvalue weighted by atomic mass is 9.93. The van der Waals surface area contributed by atoms with Crippen molar-refractivity contribution in [1.82, 2.24) is 24.1 Å². The number of methoxy groups -OCH3 is 1. The largest absolute Gasteiger partial charge is 0.495 e. The number of nitrogen functional groups attached to an aromatic ring is 1. The van der Waals surface area contributed by atoms with Crippen LogP contribution in [0.5, 0.6) is 5.75 Å². The number of halogens is 1. The minimum absolute atomic E-state index is 0.177. The Morgan fingerprint density at radius 3 is 2.61 bits per heavy atom. The van der Waals surface area contributed by atoms with Crippen molar-refractivity contribution >= 4 is 60.3 Å². The van der Waals surface area contributed by atoms with Gasteiger partial charge in [-0.1, -0.05) is 41.4 Å². The average molecular weight is 676 g/mol. The zero-order chi connectivity index (χ0) is 32.5. The molecule has 0 radical (unpaired) electrons. The number of hydrogen-bond acceptors (Lipinski definition) is 9. The van der Waals surface area contributed by atoms with Crippen molar-refractivity contribution in [3.8, 4) is 28.1 Å². The van der Waals surface area contributed by atoms with Gasteiger partial charge in [0.05, 0.1) is 36.0 Å². The molecule has 1 aliphatic carbocycles. The van der Waals surface area contributed by atoms with Crippen molar-refractivity contribution in [3.05, 3.63) is 86.9 Å². The Kier molecular flexibility index (Phi) is 7.29. The van der Waals surface area contributed by atoms with E-state index in [1.165, 1.54) is 31.8 Å². The third-order valence-electron chi connectivity index (χ3n) is 8.46. The maximum Gasteiger partial charge on any atom is 0.265 e. The van der Waals surface area contributed by atoms with Crippen molar-refractivity contribution in [2.75, 3.05) is 30.5 Å². The Morgan fingerprint density at radius 1 is 1.13 bits per heavy atom. The van der Waals surface area contributed by atoms with Gasteiger partial charge in [0.1, 0.15) is 33.6 Å². The highest BCUT2D eigenvalue weighted by Crippen LogP contribution is 2.48. The van der Waals surface area contributed by atoms with Crippen molar-refractivity contribution in [2.24, 2.45) is 5.92 Å². The van der Waals surface area contributed by atoms with Crippen molar-refractivity contribution in [2.45, 2.75) is 25.8 Å². The zero-order valence-corrected chi connectivity index (χ0v) is 27.8. The zero-order valence-electron chi connectivity index (χ0n) is 25.4. The molecule has 0 unspecified atom stereocenters. The van der Waals surface area contributed by atoms with Gasteiger partial charge in [0.15, 0.2) is 5.65 Å². The van der Waals surface area contributed by atoms with Crippen LogP contribution in [0.3, 0.4) is 0 Å². The van der Waals surface area contributed by atoms with Gasteiger partial charge in [-0.15, -0.1) is 11.3 Å². The maximum atomic E-state index is 14.3. The molecule has 0 bridgehead atoms. The number of nitrogens with two attached hydrogens (primary N) is 1. The number of anilines is 2. The summed E-state index contributed by atoms with van der Waals surface area (Å²) in [6.45, 7) is 1.99. The fourth-order valence-electron chi connectivity index (χ4n) is 6.03. The molecule has 4 aromatic heterocycles. The number of fused-ring (bicyclic) bond motifs is 2. The predicted molar refractivity (Wildman–Crippen MR) is 183 cm³/mol. The first-order chi connectivity index (χ1) is 22.0. The first-order valence-corrected chi connectivity index (χ1v) is 17.6. The summed E-state index contributed by atoms with van der Waals surface area (Å²) in [6, 6.07) is 14.7. The normalized spacial score (nSPS) is 14.2. The number of nitrogens with zero attached hydrogens (tertiary/aromatic N) is 6. The Bertz CT molecular complexity index is 2340. The summed E-state index contributed by atoms with van der Waals surface area (Å²) in [4.78, 5) is 23.9. The summed E-state index contributed by atoms with van der Waals surface area (Å²) >= 11 is 7.92. The quantitative estimate of drug-likeness (QED) is 0.214. The fraction of sp³-hybridized carbons (Fsp3) is 0.250. The maximum absolute atomic E-state index is 14.3. The van der Waals surface area contributed by atoms with Crippen LogP contribution in [0.2, 0.25) is 5.15 Å². The highest BCUT2D eigenvalue weighted by molar-refractivity contribution is 7.92. The van der Waals surface area contributed by atoms with Gasteiger partial charge < -0.3 is 10.5 Å². The smallest absolute Gasteiger partial charge is 0.265 e. The summed E-state index contributed by atoms with van der Waals surface area (Å²) in [6.07, 6.45) is 4.40. The van der Waals surface area contributed by atoms with E-state index in [4.69, 9.17) is 27.2 Å². The number of hydrogen-bond donors (Lipinski definition) is 1. The molecule has 1 fully saturated rings. The van der Waals surface area contributed by atoms with Crippen LogP contribution in [0.4, 0.5) is 11.5 Å². The van der Waals surface area contributed by atoms with E-state index >= 15 is 0 Å². The first-order valence-electron chi connectivity index (χ1n) is 14.5. The highest BCUT2D eigenvalue weighted by atomic mass is 35.5. The molecule has 236 valence electrons. The molecule has 46 heavy (non-hydrogen) atoms. The molecule has 6 aromatic rings. The van der Waals surface area contributed by atoms with Crippen LogP contribution in [0.25, 0.3) is 38.2 Å². The third kappa shape index (κ3) is 4.99. The van der Waals surface area contributed by atoms with E-state index in [0.717, 1.165) is 44.9 Å². The lowest BCUT2D eigenvalue weighted by Crippen LogP contribution is -2.25. The summed E-state index contributed by atoms with van der Waals surface area (Å²) < 4.78 is 35.1. The van der Waals surface area contributed by atoms with Gasteiger partial charge in [-0.2, -0.15) is 5.10 Å². The van der Waals surface area contributed by atoms with Gasteiger partial charge in [0, 0.05) is 18.0 Å². The van der Waals surface area contributed by atoms with Crippen molar-refractivity contribution in [3.63, 3.8) is 0 Å². The van der Waals surface area contributed by atoms with Crippen LogP contribution in [0, 0.1) is 12.8 Å². The van der Waals surface area contributed by atoms with E-state index in [1.54, 1.807) is 28.0 Å². The van der Waals surface area contributed by atoms with Crippen LogP contribution >= 0.6 is 22.9 Å². The second-order valence-corrected chi connectivity index (χ2v) is 14.8. The summed E-state index contributed by atoms with van der Waals surface area (Å²) in [5, 5.41) is 7.78. The number of benzene rings is 2. The van der Waals surface area contributed by atoms with Crippen molar-refractivity contribution < 1.29 is 13.2 Å². The molecular formula is C32H30ClN7O4S2. The number of aromatic nitrogens is 5. The SMILES string of the molecule is COc1ccc(-c2nn([C@H](c3cc4scc(Cl)n4c(=O)c3-c3cccc(C)c3)C3CC3)c3ncnc(N)c23)cc1N(C)S(C)(=O)=O. The van der Waals surface area contributed by atoms with E-state index < -0.39 is 10.0 Å². The van der Waals surface area contributed by atoms with Gasteiger partial charge in [0.25, 0.3) is 5.56 Å². The van der Waals surface area contributed by atoms with E-state index in [1.807, 2.05) is 41.9 Å². The molecule has 0 saturated heterocycles. The molecular weight excluding hydrogens is 646 g/mol.